The smallest absolute Gasteiger partial charge is 0.266 e. The Hall–Kier alpha value is -6.92. The average molecular weight is 930 g/mol. The summed E-state index contributed by atoms with van der Waals surface area (Å²) in [6.07, 6.45) is 12.6. The summed E-state index contributed by atoms with van der Waals surface area (Å²) >= 11 is 0. The molecule has 6 amide bonds. The molecule has 2 aromatic carbocycles. The number of imide groups is 2. The Morgan fingerprint density at radius 2 is 1.72 bits per heavy atom. The van der Waals surface area contributed by atoms with Crippen LogP contribution in [-0.4, -0.2) is 115 Å². The minimum Gasteiger partial charge on any atom is -0.495 e. The van der Waals surface area contributed by atoms with Gasteiger partial charge in [-0.15, -0.1) is 10.2 Å². The molecule has 19 nitrogen and oxygen atoms in total. The maximum absolute atomic E-state index is 13.5. The number of hydrogen-bond donors (Lipinski definition) is 3. The molecule has 9 rings (SSSR count). The molecule has 3 fully saturated rings. The van der Waals surface area contributed by atoms with Crippen LogP contribution in [0.15, 0.2) is 42.6 Å². The van der Waals surface area contributed by atoms with Crippen molar-refractivity contribution in [1.29, 1.82) is 0 Å². The Bertz CT molecular complexity index is 2600. The molecule has 5 aliphatic rings. The number of fused-ring (bicyclic) bond motifs is 4. The molecule has 1 unspecified atom stereocenters. The van der Waals surface area contributed by atoms with Gasteiger partial charge in [-0.05, 0) is 101 Å². The van der Waals surface area contributed by atoms with Gasteiger partial charge in [0, 0.05) is 44.1 Å². The fraction of sp³-hybridized carbons (Fsp3) is 0.510. The second-order valence-corrected chi connectivity index (χ2v) is 18.4. The van der Waals surface area contributed by atoms with E-state index in [1.54, 1.807) is 37.4 Å². The molecule has 4 aliphatic heterocycles. The zero-order valence-corrected chi connectivity index (χ0v) is 38.9. The van der Waals surface area contributed by atoms with Gasteiger partial charge in [0.2, 0.25) is 23.7 Å². The van der Waals surface area contributed by atoms with Gasteiger partial charge < -0.3 is 29.9 Å². The average Bonchev–Trinajstić information content (AvgIpc) is 3.86. The number of anilines is 3. The molecule has 6 heterocycles. The van der Waals surface area contributed by atoms with Gasteiger partial charge in [-0.1, -0.05) is 32.3 Å². The summed E-state index contributed by atoms with van der Waals surface area (Å²) in [7, 11) is 1.56. The Morgan fingerprint density at radius 3 is 2.49 bits per heavy atom. The van der Waals surface area contributed by atoms with E-state index in [4.69, 9.17) is 19.4 Å². The van der Waals surface area contributed by atoms with E-state index in [-0.39, 0.29) is 60.2 Å². The van der Waals surface area contributed by atoms with E-state index in [2.05, 4.69) is 42.5 Å². The molecule has 0 radical (unpaired) electrons. The van der Waals surface area contributed by atoms with Crippen molar-refractivity contribution in [2.75, 3.05) is 43.6 Å². The Morgan fingerprint density at radius 1 is 0.912 bits per heavy atom. The normalized spacial score (nSPS) is 19.6. The van der Waals surface area contributed by atoms with Crippen LogP contribution in [0.3, 0.4) is 0 Å². The summed E-state index contributed by atoms with van der Waals surface area (Å²) in [5.41, 5.74) is 2.21. The summed E-state index contributed by atoms with van der Waals surface area (Å²) < 4.78 is 13.8. The lowest BCUT2D eigenvalue weighted by atomic mass is 9.88. The minimum absolute atomic E-state index is 0.0392. The quantitative estimate of drug-likeness (QED) is 0.0902. The number of rotatable bonds is 16. The van der Waals surface area contributed by atoms with E-state index in [0.717, 1.165) is 41.0 Å². The van der Waals surface area contributed by atoms with E-state index < -0.39 is 29.7 Å². The van der Waals surface area contributed by atoms with Gasteiger partial charge in [-0.2, -0.15) is 4.98 Å². The lowest BCUT2D eigenvalue weighted by Crippen LogP contribution is -2.54. The summed E-state index contributed by atoms with van der Waals surface area (Å²) in [4.78, 5) is 92.1. The molecule has 358 valence electrons. The van der Waals surface area contributed by atoms with Gasteiger partial charge in [0.05, 0.1) is 42.8 Å². The number of nitrogens with zero attached hydrogens (tertiary/aromatic N) is 8. The number of nitrogens with one attached hydrogen (secondary N) is 3. The fourth-order valence-electron chi connectivity index (χ4n) is 10.3. The second-order valence-electron chi connectivity index (χ2n) is 18.4. The second kappa shape index (κ2) is 20.1. The lowest BCUT2D eigenvalue weighted by Gasteiger charge is -2.39. The molecule has 68 heavy (non-hydrogen) atoms. The summed E-state index contributed by atoms with van der Waals surface area (Å²) in [5, 5.41) is 17.7. The molecule has 2 atom stereocenters. The first kappa shape index (κ1) is 46.2. The topological polar surface area (TPSA) is 223 Å². The van der Waals surface area contributed by atoms with Gasteiger partial charge in [-0.25, -0.2) is 4.98 Å². The highest BCUT2D eigenvalue weighted by atomic mass is 16.5. The zero-order chi connectivity index (χ0) is 47.5. The number of unbranched alkanes of at least 4 members (excludes halogenated alkanes) is 2. The molecular formula is C49H59N11O8. The first-order valence-electron chi connectivity index (χ1n) is 24.1. The summed E-state index contributed by atoms with van der Waals surface area (Å²) in [5.74, 6) is 1.82. The number of likely N-dealkylation sites (tertiary alicyclic amines) is 1. The Labute approximate surface area is 394 Å². The predicted molar refractivity (Wildman–Crippen MR) is 249 cm³/mol. The SMILES string of the molecule is CC[C@@H]1c2nnc(C)n2-c2cnc(Nc3ccc(C(=O)NC4CCN(C(=O)CCCCCOc5cccc6c5C(=O)N(C5CCC(=O)NC5=O)C6=O)CC4)cc3OC)nc2N1CC1CCCCC1. The highest BCUT2D eigenvalue weighted by Crippen LogP contribution is 2.41. The number of aromatic nitrogens is 5. The van der Waals surface area contributed by atoms with Crippen molar-refractivity contribution in [3.8, 4) is 17.2 Å². The third kappa shape index (κ3) is 9.34. The maximum atomic E-state index is 13.5. The van der Waals surface area contributed by atoms with Gasteiger partial charge in [0.25, 0.3) is 17.7 Å². The molecule has 2 aromatic heterocycles. The van der Waals surface area contributed by atoms with E-state index in [0.29, 0.717) is 80.5 Å². The standard InChI is InChI=1S/C49H59N11O8/c1-4-35-44-56-55-29(2)59(44)37-27-50-49(54-43(37)58(35)28-30-12-7-5-8-13-30)52-34-18-17-31(26-39(34)67-3)45(63)51-32-21-23-57(24-22-32)41(62)16-9-6-10-25-68-38-15-11-14-33-42(38)48(66)60(47(33)65)36-19-20-40(61)53-46(36)64/h11,14-15,17-18,26-27,30,32,35-36H,4-10,12-13,16,19-25,28H2,1-3H3,(H,51,63)(H,50,52,54)(H,53,61,64)/t35-,36?/m1/s1. The number of amides is 6. The highest BCUT2D eigenvalue weighted by molar-refractivity contribution is 6.24. The Balaban J connectivity index is 0.734. The summed E-state index contributed by atoms with van der Waals surface area (Å²) in [6, 6.07) is 8.93. The van der Waals surface area contributed by atoms with E-state index in [1.165, 1.54) is 38.2 Å². The van der Waals surface area contributed by atoms with Crippen molar-refractivity contribution in [3.05, 3.63) is 70.9 Å². The first-order valence-corrected chi connectivity index (χ1v) is 24.1. The number of ether oxygens (including phenoxy) is 2. The van der Waals surface area contributed by atoms with Crippen LogP contribution in [0, 0.1) is 12.8 Å². The van der Waals surface area contributed by atoms with Crippen molar-refractivity contribution in [1.82, 2.24) is 45.2 Å². The molecule has 4 aromatic rings. The predicted octanol–water partition coefficient (Wildman–Crippen LogP) is 5.73. The minimum atomic E-state index is -1.05. The number of piperidine rings is 2. The van der Waals surface area contributed by atoms with E-state index in [9.17, 15) is 28.8 Å². The van der Waals surface area contributed by atoms with Gasteiger partial charge in [0.15, 0.2) is 11.6 Å². The number of hydrogen-bond acceptors (Lipinski definition) is 14. The van der Waals surface area contributed by atoms with Crippen LogP contribution < -0.4 is 30.3 Å². The fourth-order valence-corrected chi connectivity index (χ4v) is 10.3. The number of aryl methyl sites for hydroxylation is 1. The molecule has 2 saturated heterocycles. The van der Waals surface area contributed by atoms with Crippen LogP contribution in [0.5, 0.6) is 11.5 Å². The number of carbonyl (C=O) groups is 6. The number of benzene rings is 2. The third-order valence-electron chi connectivity index (χ3n) is 14.0. The molecule has 0 bridgehead atoms. The molecule has 19 heteroatoms. The maximum Gasteiger partial charge on any atom is 0.266 e. The van der Waals surface area contributed by atoms with Crippen molar-refractivity contribution < 1.29 is 38.2 Å². The first-order chi connectivity index (χ1) is 33.0. The molecule has 1 aliphatic carbocycles. The van der Waals surface area contributed by atoms with Gasteiger partial charge in [-0.3, -0.25) is 43.6 Å². The Kier molecular flexibility index (Phi) is 13.7. The van der Waals surface area contributed by atoms with Crippen molar-refractivity contribution in [3.63, 3.8) is 0 Å². The molecule has 1 saturated carbocycles. The number of carbonyl (C=O) groups excluding carboxylic acids is 6. The highest BCUT2D eigenvalue weighted by Gasteiger charge is 2.46. The van der Waals surface area contributed by atoms with E-state index >= 15 is 0 Å². The van der Waals surface area contributed by atoms with Crippen LogP contribution in [-0.2, 0) is 14.4 Å². The van der Waals surface area contributed by atoms with Crippen molar-refractivity contribution in [2.24, 2.45) is 5.92 Å². The van der Waals surface area contributed by atoms with Crippen molar-refractivity contribution in [2.45, 2.75) is 122 Å². The largest absolute Gasteiger partial charge is 0.495 e. The lowest BCUT2D eigenvalue weighted by molar-refractivity contribution is -0.136. The van der Waals surface area contributed by atoms with Gasteiger partial charge in [0.1, 0.15) is 29.1 Å². The summed E-state index contributed by atoms with van der Waals surface area (Å²) in [6.45, 7) is 6.37. The van der Waals surface area contributed by atoms with Gasteiger partial charge >= 0.3 is 0 Å². The van der Waals surface area contributed by atoms with Crippen molar-refractivity contribution >= 4 is 52.9 Å². The molecular weight excluding hydrogens is 871 g/mol. The van der Waals surface area contributed by atoms with E-state index in [1.807, 2.05) is 18.0 Å². The zero-order valence-electron chi connectivity index (χ0n) is 38.9. The number of methoxy groups -OCH3 is 1. The van der Waals surface area contributed by atoms with Crippen LogP contribution >= 0.6 is 0 Å². The monoisotopic (exact) mass is 929 g/mol. The van der Waals surface area contributed by atoms with Crippen LogP contribution in [0.25, 0.3) is 5.69 Å². The third-order valence-corrected chi connectivity index (χ3v) is 14.0. The molecule has 0 spiro atoms. The van der Waals surface area contributed by atoms with Crippen LogP contribution in [0.1, 0.15) is 146 Å². The van der Waals surface area contributed by atoms with Crippen LogP contribution in [0.2, 0.25) is 0 Å². The van der Waals surface area contributed by atoms with Crippen LogP contribution in [0.4, 0.5) is 17.5 Å². The molecule has 3 N–H and O–H groups in total.